The molecule has 1 fully saturated rings. The largest absolute Gasteiger partial charge is 0.481 e. The highest BCUT2D eigenvalue weighted by molar-refractivity contribution is 5.82. The van der Waals surface area contributed by atoms with Gasteiger partial charge in [-0.25, -0.2) is 0 Å². The highest BCUT2D eigenvalue weighted by atomic mass is 16.4. The van der Waals surface area contributed by atoms with Gasteiger partial charge in [-0.1, -0.05) is 45.0 Å². The van der Waals surface area contributed by atoms with Gasteiger partial charge in [-0.15, -0.1) is 0 Å². The summed E-state index contributed by atoms with van der Waals surface area (Å²) in [4.78, 5) is 25.9. The molecular formula is C18H25NO3. The van der Waals surface area contributed by atoms with Crippen LogP contribution in [0.25, 0.3) is 0 Å². The third-order valence-corrected chi connectivity index (χ3v) is 5.03. The molecule has 0 aliphatic carbocycles. The average molecular weight is 303 g/mol. The van der Waals surface area contributed by atoms with Gasteiger partial charge in [0.25, 0.3) is 0 Å². The molecule has 1 aromatic carbocycles. The minimum Gasteiger partial charge on any atom is -0.481 e. The molecule has 1 aliphatic heterocycles. The van der Waals surface area contributed by atoms with Crippen molar-refractivity contribution in [3.63, 3.8) is 0 Å². The number of hydrogen-bond acceptors (Lipinski definition) is 2. The predicted octanol–water partition coefficient (Wildman–Crippen LogP) is 2.75. The Morgan fingerprint density at radius 3 is 2.41 bits per heavy atom. The van der Waals surface area contributed by atoms with Crippen LogP contribution in [0.2, 0.25) is 0 Å². The lowest BCUT2D eigenvalue weighted by Gasteiger charge is -2.28. The summed E-state index contributed by atoms with van der Waals surface area (Å²) in [7, 11) is 0. The molecule has 4 heteroatoms. The quantitative estimate of drug-likeness (QED) is 0.910. The smallest absolute Gasteiger partial charge is 0.311 e. The van der Waals surface area contributed by atoms with E-state index in [0.717, 1.165) is 12.0 Å². The molecular weight excluding hydrogens is 278 g/mol. The van der Waals surface area contributed by atoms with Crippen molar-refractivity contribution in [1.29, 1.82) is 0 Å². The Morgan fingerprint density at radius 2 is 1.91 bits per heavy atom. The van der Waals surface area contributed by atoms with E-state index < -0.39 is 11.4 Å². The van der Waals surface area contributed by atoms with Gasteiger partial charge in [0, 0.05) is 13.1 Å². The molecule has 0 bridgehead atoms. The molecule has 1 aliphatic rings. The van der Waals surface area contributed by atoms with Gasteiger partial charge < -0.3 is 10.0 Å². The molecule has 0 spiro atoms. The number of nitrogens with zero attached hydrogens (tertiary/aromatic N) is 1. The molecule has 1 N–H and O–H groups in total. The number of carbonyl (C=O) groups excluding carboxylic acids is 1. The van der Waals surface area contributed by atoms with Crippen molar-refractivity contribution in [2.24, 2.45) is 11.3 Å². The lowest BCUT2D eigenvalue weighted by molar-refractivity contribution is -0.151. The Bertz CT molecular complexity index is 567. The van der Waals surface area contributed by atoms with E-state index in [1.807, 2.05) is 38.1 Å². The summed E-state index contributed by atoms with van der Waals surface area (Å²) >= 11 is 0. The van der Waals surface area contributed by atoms with Gasteiger partial charge >= 0.3 is 5.97 Å². The van der Waals surface area contributed by atoms with Gasteiger partial charge in [-0.2, -0.15) is 0 Å². The number of aryl methyl sites for hydroxylation is 1. The van der Waals surface area contributed by atoms with Crippen molar-refractivity contribution in [2.75, 3.05) is 13.1 Å². The van der Waals surface area contributed by atoms with Crippen LogP contribution in [0.1, 0.15) is 38.3 Å². The van der Waals surface area contributed by atoms with Gasteiger partial charge in [-0.05, 0) is 29.9 Å². The Hall–Kier alpha value is -1.84. The van der Waals surface area contributed by atoms with Crippen LogP contribution in [0.3, 0.4) is 0 Å². The van der Waals surface area contributed by atoms with Crippen molar-refractivity contribution in [3.8, 4) is 0 Å². The van der Waals surface area contributed by atoms with Crippen LogP contribution in [0.15, 0.2) is 24.3 Å². The number of carboxylic acids is 1. The van der Waals surface area contributed by atoms with Crippen LogP contribution in [0.5, 0.6) is 0 Å². The minimum absolute atomic E-state index is 0.0192. The topological polar surface area (TPSA) is 57.6 Å². The molecule has 2 rings (SSSR count). The monoisotopic (exact) mass is 303 g/mol. The van der Waals surface area contributed by atoms with E-state index in [0.29, 0.717) is 25.9 Å². The first kappa shape index (κ1) is 16.5. The van der Waals surface area contributed by atoms with Crippen molar-refractivity contribution in [3.05, 3.63) is 35.4 Å². The van der Waals surface area contributed by atoms with Gasteiger partial charge in [-0.3, -0.25) is 9.59 Å². The second-order valence-corrected chi connectivity index (χ2v) is 6.48. The molecule has 0 radical (unpaired) electrons. The lowest BCUT2D eigenvalue weighted by Crippen LogP contribution is -2.41. The van der Waals surface area contributed by atoms with Gasteiger partial charge in [0.2, 0.25) is 5.91 Å². The molecule has 4 nitrogen and oxygen atoms in total. The fraction of sp³-hybridized carbons (Fsp3) is 0.556. The van der Waals surface area contributed by atoms with Crippen LogP contribution >= 0.6 is 0 Å². The first-order valence-electron chi connectivity index (χ1n) is 7.98. The summed E-state index contributed by atoms with van der Waals surface area (Å²) in [6, 6.07) is 7.96. The number of hydrogen-bond donors (Lipinski definition) is 1. The molecule has 0 saturated carbocycles. The molecule has 1 aromatic rings. The zero-order chi connectivity index (χ0) is 16.3. The number of amides is 1. The summed E-state index contributed by atoms with van der Waals surface area (Å²) in [5.41, 5.74) is 1.44. The van der Waals surface area contributed by atoms with Crippen molar-refractivity contribution in [1.82, 2.24) is 4.90 Å². The molecule has 1 unspecified atom stereocenters. The summed E-state index contributed by atoms with van der Waals surface area (Å²) in [6.07, 6.45) is 1.80. The van der Waals surface area contributed by atoms with Crippen molar-refractivity contribution >= 4 is 11.9 Å². The number of carbonyl (C=O) groups is 2. The highest BCUT2D eigenvalue weighted by Gasteiger charge is 2.48. The van der Waals surface area contributed by atoms with E-state index in [4.69, 9.17) is 0 Å². The van der Waals surface area contributed by atoms with Crippen LogP contribution in [0.4, 0.5) is 0 Å². The third kappa shape index (κ3) is 3.01. The van der Waals surface area contributed by atoms with E-state index in [2.05, 4.69) is 6.92 Å². The van der Waals surface area contributed by atoms with E-state index in [9.17, 15) is 14.7 Å². The summed E-state index contributed by atoms with van der Waals surface area (Å²) in [5, 5.41) is 9.57. The first-order valence-corrected chi connectivity index (χ1v) is 7.98. The van der Waals surface area contributed by atoms with E-state index >= 15 is 0 Å². The molecule has 1 saturated heterocycles. The fourth-order valence-electron chi connectivity index (χ4n) is 3.29. The number of benzene rings is 1. The normalized spacial score (nSPS) is 21.4. The van der Waals surface area contributed by atoms with Crippen molar-refractivity contribution in [2.45, 2.75) is 40.0 Å². The van der Waals surface area contributed by atoms with Crippen LogP contribution < -0.4 is 0 Å². The number of aliphatic carboxylic acids is 1. The second-order valence-electron chi connectivity index (χ2n) is 6.48. The van der Waals surface area contributed by atoms with Crippen LogP contribution in [-0.2, 0) is 22.4 Å². The summed E-state index contributed by atoms with van der Waals surface area (Å²) in [5.74, 6) is -0.734. The fourth-order valence-corrected chi connectivity index (χ4v) is 3.29. The summed E-state index contributed by atoms with van der Waals surface area (Å²) < 4.78 is 0. The minimum atomic E-state index is -0.792. The molecule has 1 atom stereocenters. The standard InChI is InChI=1S/C18H25NO3/c1-4-14-7-5-6-8-15(14)11-16(20)19-10-9-18(12-19,13(2)3)17(21)22/h5-8,13H,4,9-12H2,1-3H3,(H,21,22). The van der Waals surface area contributed by atoms with Gasteiger partial charge in [0.15, 0.2) is 0 Å². The second kappa shape index (κ2) is 6.51. The third-order valence-electron chi connectivity index (χ3n) is 5.03. The Balaban J connectivity index is 2.10. The molecule has 120 valence electrons. The van der Waals surface area contributed by atoms with Gasteiger partial charge in [0.05, 0.1) is 11.8 Å². The maximum absolute atomic E-state index is 12.5. The lowest BCUT2D eigenvalue weighted by atomic mass is 9.76. The number of likely N-dealkylation sites (tertiary alicyclic amines) is 1. The predicted molar refractivity (Wildman–Crippen MR) is 85.6 cm³/mol. The maximum atomic E-state index is 12.5. The Kier molecular flexibility index (Phi) is 4.89. The summed E-state index contributed by atoms with van der Waals surface area (Å²) in [6.45, 7) is 6.79. The van der Waals surface area contributed by atoms with Crippen LogP contribution in [0, 0.1) is 11.3 Å². The average Bonchev–Trinajstić information content (AvgIpc) is 2.94. The molecule has 22 heavy (non-hydrogen) atoms. The molecule has 1 amide bonds. The first-order chi connectivity index (χ1) is 10.4. The zero-order valence-corrected chi connectivity index (χ0v) is 13.6. The van der Waals surface area contributed by atoms with E-state index in [1.165, 1.54) is 5.56 Å². The highest BCUT2D eigenvalue weighted by Crippen LogP contribution is 2.38. The molecule has 0 aromatic heterocycles. The van der Waals surface area contributed by atoms with Gasteiger partial charge in [0.1, 0.15) is 0 Å². The number of rotatable bonds is 5. The molecule has 1 heterocycles. The SMILES string of the molecule is CCc1ccccc1CC(=O)N1CCC(C(=O)O)(C(C)C)C1. The van der Waals surface area contributed by atoms with E-state index in [-0.39, 0.29) is 11.8 Å². The Morgan fingerprint density at radius 1 is 1.27 bits per heavy atom. The maximum Gasteiger partial charge on any atom is 0.311 e. The van der Waals surface area contributed by atoms with Crippen LogP contribution in [-0.4, -0.2) is 35.0 Å². The Labute approximate surface area is 132 Å². The zero-order valence-electron chi connectivity index (χ0n) is 13.6. The van der Waals surface area contributed by atoms with Crippen molar-refractivity contribution < 1.29 is 14.7 Å². The van der Waals surface area contributed by atoms with E-state index in [1.54, 1.807) is 4.90 Å². The number of carboxylic acid groups (broad SMARTS) is 1.